The van der Waals surface area contributed by atoms with Crippen molar-refractivity contribution in [3.63, 3.8) is 0 Å². The molecule has 0 amide bonds. The van der Waals surface area contributed by atoms with Crippen LogP contribution < -0.4 is 10.1 Å². The molecule has 0 heterocycles. The molecule has 0 fully saturated rings. The zero-order chi connectivity index (χ0) is 14.5. The van der Waals surface area contributed by atoms with Gasteiger partial charge in [0, 0.05) is 11.8 Å². The van der Waals surface area contributed by atoms with Crippen molar-refractivity contribution in [1.82, 2.24) is 0 Å². The summed E-state index contributed by atoms with van der Waals surface area (Å²) in [6.07, 6.45) is 0. The molecule has 0 aliphatic carbocycles. The van der Waals surface area contributed by atoms with E-state index in [-0.39, 0.29) is 5.56 Å². The predicted molar refractivity (Wildman–Crippen MR) is 71.3 cm³/mol. The van der Waals surface area contributed by atoms with E-state index in [0.29, 0.717) is 11.4 Å². The quantitative estimate of drug-likeness (QED) is 0.925. The van der Waals surface area contributed by atoms with Crippen LogP contribution in [0.15, 0.2) is 42.5 Å². The third-order valence-corrected chi connectivity index (χ3v) is 2.75. The van der Waals surface area contributed by atoms with E-state index in [9.17, 15) is 8.78 Å². The Morgan fingerprint density at radius 3 is 2.20 bits per heavy atom. The number of nitrogens with one attached hydrogen (secondary N) is 1. The van der Waals surface area contributed by atoms with Gasteiger partial charge in [0.25, 0.3) is 0 Å². The molecule has 0 aromatic heterocycles. The molecular weight excluding hydrogens is 262 g/mol. The summed E-state index contributed by atoms with van der Waals surface area (Å²) in [5.74, 6) is -0.741. The lowest BCUT2D eigenvalue weighted by Crippen LogP contribution is -2.09. The minimum atomic E-state index is -0.839. The molecule has 1 atom stereocenters. The lowest BCUT2D eigenvalue weighted by molar-refractivity contribution is 0.415. The fraction of sp³-hybridized carbons (Fsp3) is 0.133. The van der Waals surface area contributed by atoms with Crippen LogP contribution in [0, 0.1) is 23.0 Å². The second-order valence-electron chi connectivity index (χ2n) is 4.14. The SMILES string of the molecule is COc1ccc(NC(C#N)c2cc(F)cc(F)c2)cc1. The molecule has 5 heteroatoms. The van der Waals surface area contributed by atoms with Crippen LogP contribution in [-0.2, 0) is 0 Å². The summed E-state index contributed by atoms with van der Waals surface area (Å²) in [5, 5.41) is 12.0. The number of nitrogens with zero attached hydrogens (tertiary/aromatic N) is 1. The average Bonchev–Trinajstić information content (AvgIpc) is 2.44. The lowest BCUT2D eigenvalue weighted by atomic mass is 10.1. The molecule has 0 aliphatic heterocycles. The molecule has 1 N–H and O–H groups in total. The highest BCUT2D eigenvalue weighted by Crippen LogP contribution is 2.22. The molecule has 0 spiro atoms. The number of hydrogen-bond acceptors (Lipinski definition) is 3. The van der Waals surface area contributed by atoms with Gasteiger partial charge in [-0.3, -0.25) is 0 Å². The molecule has 0 saturated heterocycles. The van der Waals surface area contributed by atoms with Gasteiger partial charge >= 0.3 is 0 Å². The number of halogens is 2. The molecule has 102 valence electrons. The van der Waals surface area contributed by atoms with Gasteiger partial charge in [0.1, 0.15) is 23.4 Å². The van der Waals surface area contributed by atoms with Gasteiger partial charge < -0.3 is 10.1 Å². The van der Waals surface area contributed by atoms with Gasteiger partial charge in [-0.1, -0.05) is 0 Å². The van der Waals surface area contributed by atoms with Crippen molar-refractivity contribution in [2.75, 3.05) is 12.4 Å². The number of methoxy groups -OCH3 is 1. The van der Waals surface area contributed by atoms with E-state index >= 15 is 0 Å². The molecule has 0 aliphatic rings. The van der Waals surface area contributed by atoms with Crippen LogP contribution in [-0.4, -0.2) is 7.11 Å². The number of ether oxygens (including phenoxy) is 1. The summed E-state index contributed by atoms with van der Waals surface area (Å²) in [6, 6.07) is 11.1. The monoisotopic (exact) mass is 274 g/mol. The Morgan fingerprint density at radius 2 is 1.70 bits per heavy atom. The number of nitriles is 1. The smallest absolute Gasteiger partial charge is 0.140 e. The fourth-order valence-corrected chi connectivity index (χ4v) is 1.79. The molecule has 2 rings (SSSR count). The molecule has 20 heavy (non-hydrogen) atoms. The summed E-state index contributed by atoms with van der Waals surface area (Å²) in [4.78, 5) is 0. The topological polar surface area (TPSA) is 45.0 Å². The van der Waals surface area contributed by atoms with Gasteiger partial charge in [-0.05, 0) is 42.0 Å². The van der Waals surface area contributed by atoms with Crippen LogP contribution in [0.25, 0.3) is 0 Å². The first-order valence-corrected chi connectivity index (χ1v) is 5.88. The highest BCUT2D eigenvalue weighted by Gasteiger charge is 2.13. The van der Waals surface area contributed by atoms with Crippen molar-refractivity contribution in [3.05, 3.63) is 59.7 Å². The van der Waals surface area contributed by atoms with Crippen LogP contribution in [0.2, 0.25) is 0 Å². The largest absolute Gasteiger partial charge is 0.497 e. The van der Waals surface area contributed by atoms with E-state index in [1.807, 2.05) is 6.07 Å². The van der Waals surface area contributed by atoms with Crippen molar-refractivity contribution in [2.24, 2.45) is 0 Å². The summed E-state index contributed by atoms with van der Waals surface area (Å²) in [7, 11) is 1.55. The summed E-state index contributed by atoms with van der Waals surface area (Å²) < 4.78 is 31.4. The summed E-state index contributed by atoms with van der Waals surface area (Å²) in [6.45, 7) is 0. The van der Waals surface area contributed by atoms with E-state index in [2.05, 4.69) is 5.32 Å². The van der Waals surface area contributed by atoms with Crippen LogP contribution in [0.1, 0.15) is 11.6 Å². The van der Waals surface area contributed by atoms with Gasteiger partial charge in [0.15, 0.2) is 0 Å². The maximum absolute atomic E-state index is 13.2. The zero-order valence-corrected chi connectivity index (χ0v) is 10.7. The Morgan fingerprint density at radius 1 is 1.10 bits per heavy atom. The average molecular weight is 274 g/mol. The third-order valence-electron chi connectivity index (χ3n) is 2.75. The fourth-order valence-electron chi connectivity index (χ4n) is 1.79. The Hall–Kier alpha value is -2.61. The molecule has 0 bridgehead atoms. The Bertz CT molecular complexity index is 615. The van der Waals surface area contributed by atoms with E-state index in [1.165, 1.54) is 0 Å². The third kappa shape index (κ3) is 3.23. The summed E-state index contributed by atoms with van der Waals surface area (Å²) >= 11 is 0. The minimum Gasteiger partial charge on any atom is -0.497 e. The highest BCUT2D eigenvalue weighted by molar-refractivity contribution is 5.49. The normalized spacial score (nSPS) is 11.5. The van der Waals surface area contributed by atoms with Crippen LogP contribution >= 0.6 is 0 Å². The van der Waals surface area contributed by atoms with Gasteiger partial charge in [-0.2, -0.15) is 5.26 Å². The van der Waals surface area contributed by atoms with Gasteiger partial charge in [-0.15, -0.1) is 0 Å². The predicted octanol–water partition coefficient (Wildman–Crippen LogP) is 3.65. The van der Waals surface area contributed by atoms with Crippen molar-refractivity contribution in [1.29, 1.82) is 5.26 Å². The van der Waals surface area contributed by atoms with Crippen molar-refractivity contribution < 1.29 is 13.5 Å². The Kier molecular flexibility index (Phi) is 4.16. The summed E-state index contributed by atoms with van der Waals surface area (Å²) in [5.41, 5.74) is 0.892. The molecule has 0 saturated carbocycles. The van der Waals surface area contributed by atoms with E-state index in [1.54, 1.807) is 31.4 Å². The first-order valence-electron chi connectivity index (χ1n) is 5.88. The molecule has 3 nitrogen and oxygen atoms in total. The number of hydrogen-bond donors (Lipinski definition) is 1. The first kappa shape index (κ1) is 13.8. The van der Waals surface area contributed by atoms with Gasteiger partial charge in [0.05, 0.1) is 13.2 Å². The van der Waals surface area contributed by atoms with E-state index in [4.69, 9.17) is 10.00 Å². The highest BCUT2D eigenvalue weighted by atomic mass is 19.1. The maximum Gasteiger partial charge on any atom is 0.140 e. The molecule has 1 unspecified atom stereocenters. The second kappa shape index (κ2) is 6.02. The van der Waals surface area contributed by atoms with Gasteiger partial charge in [0.2, 0.25) is 0 Å². The Labute approximate surface area is 115 Å². The maximum atomic E-state index is 13.2. The lowest BCUT2D eigenvalue weighted by Gasteiger charge is -2.14. The number of anilines is 1. The molecule has 2 aromatic rings. The van der Waals surface area contributed by atoms with E-state index < -0.39 is 17.7 Å². The Balaban J connectivity index is 2.22. The molecular formula is C15H12F2N2O. The van der Waals surface area contributed by atoms with Crippen LogP contribution in [0.3, 0.4) is 0 Å². The minimum absolute atomic E-state index is 0.237. The number of benzene rings is 2. The molecule has 0 radical (unpaired) electrons. The van der Waals surface area contributed by atoms with Crippen molar-refractivity contribution >= 4 is 5.69 Å². The first-order chi connectivity index (χ1) is 9.62. The van der Waals surface area contributed by atoms with Gasteiger partial charge in [-0.25, -0.2) is 8.78 Å². The van der Waals surface area contributed by atoms with Crippen LogP contribution in [0.5, 0.6) is 5.75 Å². The number of rotatable bonds is 4. The van der Waals surface area contributed by atoms with E-state index in [0.717, 1.165) is 18.2 Å². The zero-order valence-electron chi connectivity index (χ0n) is 10.7. The standard InChI is InChI=1S/C15H12F2N2O/c1-20-14-4-2-13(3-5-14)19-15(9-18)10-6-11(16)8-12(17)7-10/h2-8,15,19H,1H3. The second-order valence-corrected chi connectivity index (χ2v) is 4.14. The molecule has 2 aromatic carbocycles. The van der Waals surface area contributed by atoms with Crippen LogP contribution in [0.4, 0.5) is 14.5 Å². The van der Waals surface area contributed by atoms with Crippen molar-refractivity contribution in [2.45, 2.75) is 6.04 Å². The van der Waals surface area contributed by atoms with Crippen molar-refractivity contribution in [3.8, 4) is 11.8 Å².